The molecule has 1 aliphatic heterocycles. The highest BCUT2D eigenvalue weighted by molar-refractivity contribution is 7.80. The summed E-state index contributed by atoms with van der Waals surface area (Å²) in [7, 11) is 0. The third kappa shape index (κ3) is 5.98. The fourth-order valence-corrected chi connectivity index (χ4v) is 5.73. The van der Waals surface area contributed by atoms with Gasteiger partial charge in [0.05, 0.1) is 17.1 Å². The Balaban J connectivity index is 1.29. The molecule has 0 amide bonds. The lowest BCUT2D eigenvalue weighted by Gasteiger charge is -2.35. The van der Waals surface area contributed by atoms with E-state index in [0.29, 0.717) is 19.5 Å². The van der Waals surface area contributed by atoms with Gasteiger partial charge in [-0.25, -0.2) is 4.79 Å². The van der Waals surface area contributed by atoms with Crippen molar-refractivity contribution in [2.75, 3.05) is 19.6 Å². The Morgan fingerprint density at radius 2 is 1.46 bits per heavy atom. The highest BCUT2D eigenvalue weighted by Gasteiger charge is 2.27. The first-order valence-electron chi connectivity index (χ1n) is 13.4. The molecule has 3 aromatic carbocycles. The standard InChI is InChI=1S/C30H35N7OS/c31-28(32)33-18-9-19-36-25-14-7-8-15-26(25)37(30(36)38)24-16-20-35(21-17-24)29(39)34-27(22-10-3-1-4-11-22)23-12-5-2-6-13-23/h1-8,10-15,24,27H,9,16-21H2,(H,34,39)(H4,31,32,33). The summed E-state index contributed by atoms with van der Waals surface area (Å²) in [6.45, 7) is 2.62. The fraction of sp³-hybridized carbons (Fsp3) is 0.300. The lowest BCUT2D eigenvalue weighted by atomic mass is 9.99. The van der Waals surface area contributed by atoms with Crippen molar-refractivity contribution in [3.8, 4) is 0 Å². The van der Waals surface area contributed by atoms with Gasteiger partial charge in [0, 0.05) is 32.2 Å². The minimum Gasteiger partial charge on any atom is -0.370 e. The number of aryl methyl sites for hydroxylation is 1. The maximum Gasteiger partial charge on any atom is 0.329 e. The molecule has 0 atom stereocenters. The number of thiocarbonyl (C=S) groups is 1. The Kier molecular flexibility index (Phi) is 8.27. The van der Waals surface area contributed by atoms with Gasteiger partial charge in [0.2, 0.25) is 0 Å². The summed E-state index contributed by atoms with van der Waals surface area (Å²) in [5.74, 6) is 0.0720. The Morgan fingerprint density at radius 1 is 0.897 bits per heavy atom. The summed E-state index contributed by atoms with van der Waals surface area (Å²) < 4.78 is 3.82. The predicted octanol–water partition coefficient (Wildman–Crippen LogP) is 3.77. The summed E-state index contributed by atoms with van der Waals surface area (Å²) in [6.07, 6.45) is 2.37. The van der Waals surface area contributed by atoms with Crippen LogP contribution in [-0.4, -0.2) is 44.7 Å². The molecule has 2 heterocycles. The molecule has 39 heavy (non-hydrogen) atoms. The van der Waals surface area contributed by atoms with E-state index in [2.05, 4.69) is 63.7 Å². The zero-order chi connectivity index (χ0) is 27.2. The second-order valence-electron chi connectivity index (χ2n) is 9.88. The van der Waals surface area contributed by atoms with Crippen LogP contribution in [0.2, 0.25) is 0 Å². The number of aliphatic imine (C=N–C) groups is 1. The van der Waals surface area contributed by atoms with Crippen molar-refractivity contribution in [1.82, 2.24) is 19.4 Å². The number of hydrogen-bond acceptors (Lipinski definition) is 3. The van der Waals surface area contributed by atoms with Gasteiger partial charge in [0.25, 0.3) is 0 Å². The van der Waals surface area contributed by atoms with Crippen LogP contribution in [0.25, 0.3) is 11.0 Å². The van der Waals surface area contributed by atoms with Crippen molar-refractivity contribution >= 4 is 34.3 Å². The van der Waals surface area contributed by atoms with E-state index >= 15 is 0 Å². The second kappa shape index (κ2) is 12.2. The average molecular weight is 542 g/mol. The van der Waals surface area contributed by atoms with Gasteiger partial charge in [0.1, 0.15) is 0 Å². The summed E-state index contributed by atoms with van der Waals surface area (Å²) in [5, 5.41) is 4.35. The maximum atomic E-state index is 13.6. The van der Waals surface area contributed by atoms with Crippen molar-refractivity contribution in [1.29, 1.82) is 0 Å². The molecule has 1 fully saturated rings. The van der Waals surface area contributed by atoms with Crippen molar-refractivity contribution in [3.05, 3.63) is 107 Å². The molecular formula is C30H35N7OS. The van der Waals surface area contributed by atoms with E-state index in [1.54, 1.807) is 0 Å². The molecular weight excluding hydrogens is 506 g/mol. The topological polar surface area (TPSA) is 107 Å². The van der Waals surface area contributed by atoms with Crippen molar-refractivity contribution < 1.29 is 0 Å². The van der Waals surface area contributed by atoms with Crippen molar-refractivity contribution in [2.45, 2.75) is 37.9 Å². The van der Waals surface area contributed by atoms with Crippen LogP contribution < -0.4 is 22.5 Å². The van der Waals surface area contributed by atoms with Crippen LogP contribution >= 0.6 is 12.2 Å². The number of guanidine groups is 1. The average Bonchev–Trinajstić information content (AvgIpc) is 3.25. The van der Waals surface area contributed by atoms with E-state index in [0.717, 1.165) is 42.1 Å². The molecule has 0 unspecified atom stereocenters. The van der Waals surface area contributed by atoms with Crippen LogP contribution in [0.3, 0.4) is 0 Å². The zero-order valence-corrected chi connectivity index (χ0v) is 22.8. The summed E-state index contributed by atoms with van der Waals surface area (Å²) in [5.41, 5.74) is 15.2. The highest BCUT2D eigenvalue weighted by atomic mass is 32.1. The number of nitrogens with one attached hydrogen (secondary N) is 1. The van der Waals surface area contributed by atoms with Crippen LogP contribution in [0, 0.1) is 0 Å². The van der Waals surface area contributed by atoms with Gasteiger partial charge < -0.3 is 21.7 Å². The minimum atomic E-state index is -0.0304. The lowest BCUT2D eigenvalue weighted by Crippen LogP contribution is -2.46. The van der Waals surface area contributed by atoms with E-state index in [9.17, 15) is 4.79 Å². The third-order valence-electron chi connectivity index (χ3n) is 7.35. The number of nitrogens with zero attached hydrogens (tertiary/aromatic N) is 4. The molecule has 5 rings (SSSR count). The van der Waals surface area contributed by atoms with E-state index in [1.807, 2.05) is 45.5 Å². The number of piperidine rings is 1. The van der Waals surface area contributed by atoms with Crippen LogP contribution in [0.15, 0.2) is 94.7 Å². The number of aromatic nitrogens is 2. The van der Waals surface area contributed by atoms with E-state index in [-0.39, 0.29) is 23.7 Å². The first-order valence-corrected chi connectivity index (χ1v) is 13.8. The minimum absolute atomic E-state index is 0.0215. The molecule has 1 aromatic heterocycles. The number of benzene rings is 3. The predicted molar refractivity (Wildman–Crippen MR) is 162 cm³/mol. The number of likely N-dealkylation sites (tertiary alicyclic amines) is 1. The Morgan fingerprint density at radius 3 is 2.05 bits per heavy atom. The molecule has 0 saturated carbocycles. The number of rotatable bonds is 8. The first kappa shape index (κ1) is 26.5. The number of para-hydroxylation sites is 2. The summed E-state index contributed by atoms with van der Waals surface area (Å²) in [4.78, 5) is 19.9. The lowest BCUT2D eigenvalue weighted by molar-refractivity contribution is 0.262. The monoisotopic (exact) mass is 541 g/mol. The fourth-order valence-electron chi connectivity index (χ4n) is 5.43. The molecule has 1 saturated heterocycles. The van der Waals surface area contributed by atoms with Crippen molar-refractivity contribution in [2.24, 2.45) is 16.5 Å². The van der Waals surface area contributed by atoms with Crippen LogP contribution in [0.4, 0.5) is 0 Å². The number of hydrogen-bond donors (Lipinski definition) is 3. The quantitative estimate of drug-likeness (QED) is 0.136. The number of fused-ring (bicyclic) bond motifs is 1. The smallest absolute Gasteiger partial charge is 0.329 e. The summed E-state index contributed by atoms with van der Waals surface area (Å²) >= 11 is 5.90. The van der Waals surface area contributed by atoms with E-state index in [4.69, 9.17) is 23.7 Å². The number of nitrogens with two attached hydrogens (primary N) is 2. The Hall–Kier alpha value is -4.11. The molecule has 0 aliphatic carbocycles. The SMILES string of the molecule is NC(N)=NCCCn1c(=O)n(C2CCN(C(=S)NC(c3ccccc3)c3ccccc3)CC2)c2ccccc21. The van der Waals surface area contributed by atoms with Gasteiger partial charge in [-0.1, -0.05) is 72.8 Å². The van der Waals surface area contributed by atoms with Gasteiger partial charge in [-0.3, -0.25) is 14.1 Å². The zero-order valence-electron chi connectivity index (χ0n) is 21.9. The molecule has 0 radical (unpaired) electrons. The van der Waals surface area contributed by atoms with Gasteiger partial charge in [-0.05, 0) is 54.7 Å². The normalized spacial score (nSPS) is 14.0. The summed E-state index contributed by atoms with van der Waals surface area (Å²) in [6, 6.07) is 28.8. The van der Waals surface area contributed by atoms with Gasteiger partial charge >= 0.3 is 5.69 Å². The molecule has 4 aromatic rings. The molecule has 1 aliphatic rings. The van der Waals surface area contributed by atoms with Crippen molar-refractivity contribution in [3.63, 3.8) is 0 Å². The molecule has 0 spiro atoms. The molecule has 8 nitrogen and oxygen atoms in total. The van der Waals surface area contributed by atoms with Gasteiger partial charge in [-0.2, -0.15) is 0 Å². The maximum absolute atomic E-state index is 13.6. The Bertz CT molecular complexity index is 1440. The van der Waals surface area contributed by atoms with Crippen LogP contribution in [-0.2, 0) is 6.54 Å². The molecule has 202 valence electrons. The highest BCUT2D eigenvalue weighted by Crippen LogP contribution is 2.27. The van der Waals surface area contributed by atoms with Gasteiger partial charge in [0.15, 0.2) is 11.1 Å². The van der Waals surface area contributed by atoms with E-state index < -0.39 is 0 Å². The van der Waals surface area contributed by atoms with Gasteiger partial charge in [-0.15, -0.1) is 0 Å². The first-order chi connectivity index (χ1) is 19.0. The Labute approximate surface area is 233 Å². The molecule has 9 heteroatoms. The second-order valence-corrected chi connectivity index (χ2v) is 10.3. The molecule has 5 N–H and O–H groups in total. The van der Waals surface area contributed by atoms with Crippen LogP contribution in [0.1, 0.15) is 42.5 Å². The third-order valence-corrected chi connectivity index (χ3v) is 7.73. The largest absolute Gasteiger partial charge is 0.370 e. The van der Waals surface area contributed by atoms with E-state index in [1.165, 1.54) is 11.1 Å². The number of imidazole rings is 1. The molecule has 0 bridgehead atoms. The van der Waals surface area contributed by atoms with Crippen LogP contribution in [0.5, 0.6) is 0 Å².